The molecule has 160 valence electrons. The Morgan fingerprint density at radius 3 is 2.58 bits per heavy atom. The van der Waals surface area contributed by atoms with Gasteiger partial charge in [0.1, 0.15) is 0 Å². The van der Waals surface area contributed by atoms with Crippen molar-refractivity contribution in [3.8, 4) is 0 Å². The van der Waals surface area contributed by atoms with Gasteiger partial charge < -0.3 is 11.1 Å². The number of hydrogen-bond acceptors (Lipinski definition) is 2. The molecule has 0 fully saturated rings. The predicted octanol–water partition coefficient (Wildman–Crippen LogP) is 6.13. The van der Waals surface area contributed by atoms with Gasteiger partial charge in [-0.25, -0.2) is 0 Å². The van der Waals surface area contributed by atoms with Crippen LogP contribution < -0.4 is 11.1 Å². The summed E-state index contributed by atoms with van der Waals surface area (Å²) in [6.45, 7) is 6.20. The molecule has 1 amide bonds. The van der Waals surface area contributed by atoms with Crippen LogP contribution in [0.3, 0.4) is 0 Å². The van der Waals surface area contributed by atoms with Crippen LogP contribution in [0.1, 0.15) is 24.0 Å². The van der Waals surface area contributed by atoms with Crippen molar-refractivity contribution in [3.63, 3.8) is 0 Å². The largest absolute Gasteiger partial charge is 0.329 e. The number of allylic oxidation sites excluding steroid dienone is 6. The molecular formula is C26H26Cl2N2O. The van der Waals surface area contributed by atoms with Gasteiger partial charge in [-0.2, -0.15) is 0 Å². The number of benzene rings is 2. The third-order valence-electron chi connectivity index (χ3n) is 5.43. The summed E-state index contributed by atoms with van der Waals surface area (Å²) in [5.41, 5.74) is 9.68. The van der Waals surface area contributed by atoms with Crippen molar-refractivity contribution in [2.24, 2.45) is 17.6 Å². The van der Waals surface area contributed by atoms with E-state index in [1.807, 2.05) is 30.4 Å². The zero-order chi connectivity index (χ0) is 22.4. The number of halogens is 2. The number of hydrogen-bond donors (Lipinski definition) is 2. The summed E-state index contributed by atoms with van der Waals surface area (Å²) in [7, 11) is 0. The Labute approximate surface area is 193 Å². The summed E-state index contributed by atoms with van der Waals surface area (Å²) >= 11 is 12.1. The second-order valence-corrected chi connectivity index (χ2v) is 8.36. The molecule has 2 aromatic rings. The molecule has 0 aliphatic heterocycles. The van der Waals surface area contributed by atoms with Crippen molar-refractivity contribution in [3.05, 3.63) is 112 Å². The van der Waals surface area contributed by atoms with Crippen molar-refractivity contribution in [1.29, 1.82) is 0 Å². The topological polar surface area (TPSA) is 55.1 Å². The number of nitrogens with two attached hydrogens (primary N) is 1. The minimum atomic E-state index is -0.529. The smallest absolute Gasteiger partial charge is 0.233 e. The van der Waals surface area contributed by atoms with Crippen molar-refractivity contribution in [2.75, 3.05) is 6.54 Å². The van der Waals surface area contributed by atoms with E-state index in [2.05, 4.69) is 43.1 Å². The predicted molar refractivity (Wildman–Crippen MR) is 131 cm³/mol. The van der Waals surface area contributed by atoms with Crippen LogP contribution in [0, 0.1) is 11.8 Å². The highest BCUT2D eigenvalue weighted by Gasteiger charge is 2.25. The lowest BCUT2D eigenvalue weighted by Gasteiger charge is -2.27. The van der Waals surface area contributed by atoms with Crippen LogP contribution in [-0.4, -0.2) is 12.5 Å². The lowest BCUT2D eigenvalue weighted by Crippen LogP contribution is -2.33. The molecule has 0 aromatic heterocycles. The summed E-state index contributed by atoms with van der Waals surface area (Å²) in [6, 6.07) is 15.4. The van der Waals surface area contributed by atoms with E-state index in [1.54, 1.807) is 24.3 Å². The van der Waals surface area contributed by atoms with E-state index in [1.165, 1.54) is 0 Å². The SMILES string of the molecule is C=C/C=C(/c1ccccc1)C1C=C(NC(=O)C(CN)c2ccc(Cl)c(Cl)c2)C=CC1C. The van der Waals surface area contributed by atoms with Gasteiger partial charge in [-0.3, -0.25) is 4.79 Å². The Bertz CT molecular complexity index is 1040. The second-order valence-electron chi connectivity index (χ2n) is 7.54. The van der Waals surface area contributed by atoms with Gasteiger partial charge in [-0.1, -0.05) is 97.4 Å². The van der Waals surface area contributed by atoms with Gasteiger partial charge in [-0.15, -0.1) is 0 Å². The van der Waals surface area contributed by atoms with E-state index in [0.717, 1.165) is 22.4 Å². The Hall–Kier alpha value is -2.59. The van der Waals surface area contributed by atoms with Crippen LogP contribution in [0.2, 0.25) is 10.0 Å². The molecule has 3 unspecified atom stereocenters. The highest BCUT2D eigenvalue weighted by Crippen LogP contribution is 2.35. The van der Waals surface area contributed by atoms with E-state index < -0.39 is 5.92 Å². The Kier molecular flexibility index (Phi) is 7.91. The molecule has 3 nitrogen and oxygen atoms in total. The first-order valence-corrected chi connectivity index (χ1v) is 10.9. The van der Waals surface area contributed by atoms with Gasteiger partial charge in [0.15, 0.2) is 0 Å². The molecule has 0 bridgehead atoms. The molecule has 3 N–H and O–H groups in total. The number of rotatable bonds is 7. The van der Waals surface area contributed by atoms with Gasteiger partial charge in [0.05, 0.1) is 16.0 Å². The molecule has 0 saturated carbocycles. The first-order chi connectivity index (χ1) is 14.9. The summed E-state index contributed by atoms with van der Waals surface area (Å²) in [4.78, 5) is 13.0. The molecule has 2 aromatic carbocycles. The van der Waals surface area contributed by atoms with E-state index >= 15 is 0 Å². The van der Waals surface area contributed by atoms with E-state index in [0.29, 0.717) is 10.0 Å². The third kappa shape index (κ3) is 5.56. The van der Waals surface area contributed by atoms with Crippen LogP contribution >= 0.6 is 23.2 Å². The molecule has 31 heavy (non-hydrogen) atoms. The average molecular weight is 453 g/mol. The van der Waals surface area contributed by atoms with Crippen molar-refractivity contribution >= 4 is 34.7 Å². The Morgan fingerprint density at radius 2 is 1.94 bits per heavy atom. The number of carbonyl (C=O) groups excluding carboxylic acids is 1. The molecule has 5 heteroatoms. The summed E-state index contributed by atoms with van der Waals surface area (Å²) in [5, 5.41) is 3.87. The van der Waals surface area contributed by atoms with Gasteiger partial charge >= 0.3 is 0 Å². The van der Waals surface area contributed by atoms with Crippen LogP contribution in [0.5, 0.6) is 0 Å². The molecule has 0 heterocycles. The zero-order valence-corrected chi connectivity index (χ0v) is 18.9. The minimum Gasteiger partial charge on any atom is -0.329 e. The fraction of sp³-hybridized carbons (Fsp3) is 0.192. The second kappa shape index (κ2) is 10.6. The summed E-state index contributed by atoms with van der Waals surface area (Å²) in [5.74, 6) is -0.340. The van der Waals surface area contributed by atoms with E-state index in [9.17, 15) is 4.79 Å². The first kappa shape index (κ1) is 23.1. The highest BCUT2D eigenvalue weighted by atomic mass is 35.5. The Morgan fingerprint density at radius 1 is 1.19 bits per heavy atom. The fourth-order valence-corrected chi connectivity index (χ4v) is 4.05. The monoisotopic (exact) mass is 452 g/mol. The van der Waals surface area contributed by atoms with Crippen molar-refractivity contribution in [2.45, 2.75) is 12.8 Å². The van der Waals surface area contributed by atoms with E-state index in [4.69, 9.17) is 28.9 Å². The summed E-state index contributed by atoms with van der Waals surface area (Å²) < 4.78 is 0. The van der Waals surface area contributed by atoms with Crippen LogP contribution in [0.15, 0.2) is 91.2 Å². The van der Waals surface area contributed by atoms with Gasteiger partial charge in [-0.05, 0) is 40.8 Å². The maximum absolute atomic E-state index is 13.0. The van der Waals surface area contributed by atoms with Gasteiger partial charge in [0, 0.05) is 18.2 Å². The lowest BCUT2D eigenvalue weighted by molar-refractivity contribution is -0.121. The minimum absolute atomic E-state index is 0.0991. The maximum atomic E-state index is 13.0. The molecule has 1 aliphatic carbocycles. The molecule has 0 spiro atoms. The molecular weight excluding hydrogens is 427 g/mol. The molecule has 0 saturated heterocycles. The quantitative estimate of drug-likeness (QED) is 0.496. The van der Waals surface area contributed by atoms with E-state index in [-0.39, 0.29) is 24.3 Å². The molecule has 3 rings (SSSR count). The molecule has 3 atom stereocenters. The summed E-state index contributed by atoms with van der Waals surface area (Å²) in [6.07, 6.45) is 9.97. The lowest BCUT2D eigenvalue weighted by atomic mass is 9.80. The molecule has 1 aliphatic rings. The number of amides is 1. The van der Waals surface area contributed by atoms with Crippen molar-refractivity contribution < 1.29 is 4.79 Å². The third-order valence-corrected chi connectivity index (χ3v) is 6.17. The van der Waals surface area contributed by atoms with Gasteiger partial charge in [0.2, 0.25) is 5.91 Å². The Balaban J connectivity index is 1.85. The number of nitrogens with one attached hydrogen (secondary N) is 1. The fourth-order valence-electron chi connectivity index (χ4n) is 3.74. The van der Waals surface area contributed by atoms with Crippen LogP contribution in [0.25, 0.3) is 5.57 Å². The first-order valence-electron chi connectivity index (χ1n) is 10.2. The molecule has 0 radical (unpaired) electrons. The number of carbonyl (C=O) groups is 1. The maximum Gasteiger partial charge on any atom is 0.233 e. The zero-order valence-electron chi connectivity index (χ0n) is 17.4. The van der Waals surface area contributed by atoms with Crippen LogP contribution in [-0.2, 0) is 4.79 Å². The normalized spacial score (nSPS) is 19.5. The van der Waals surface area contributed by atoms with Crippen LogP contribution in [0.4, 0.5) is 0 Å². The van der Waals surface area contributed by atoms with Gasteiger partial charge in [0.25, 0.3) is 0 Å². The standard InChI is InChI=1S/C26H26Cl2N2O/c1-3-7-21(18-8-5-4-6-9-18)22-15-20(12-10-17(22)2)30-26(31)23(16-29)19-11-13-24(27)25(28)14-19/h3-15,17,22-23H,1,16,29H2,2H3,(H,30,31)/b21-7-. The highest BCUT2D eigenvalue weighted by molar-refractivity contribution is 6.42. The average Bonchev–Trinajstić information content (AvgIpc) is 2.77. The van der Waals surface area contributed by atoms with Crippen molar-refractivity contribution in [1.82, 2.24) is 5.32 Å².